The number of fused-ring (bicyclic) bond motifs is 5. The van der Waals surface area contributed by atoms with Crippen LogP contribution >= 0.6 is 0 Å². The van der Waals surface area contributed by atoms with Gasteiger partial charge in [0.25, 0.3) is 0 Å². The van der Waals surface area contributed by atoms with Crippen molar-refractivity contribution in [2.75, 3.05) is 0 Å². The van der Waals surface area contributed by atoms with Crippen molar-refractivity contribution in [1.82, 2.24) is 0 Å². The number of esters is 1. The quantitative estimate of drug-likeness (QED) is 0.294. The Bertz CT molecular complexity index is 679. The summed E-state index contributed by atoms with van der Waals surface area (Å²) in [6, 6.07) is 0. The molecule has 0 radical (unpaired) electrons. The van der Waals surface area contributed by atoms with E-state index in [-0.39, 0.29) is 22.9 Å². The Kier molecular flexibility index (Phi) is 5.97. The standard InChI is InChI=1S/C26H40O3/c1-4-5-6-7-8-24(28)29-19-13-15-25(2)18(17-19)9-10-20-21-11-12-23(27)26(21,3)16-14-22(20)25/h9,19-22H,4-8,10-17H2,1-3H3/t19-,20-,21-,22+,25+,26+/m1/s1. The molecule has 4 aliphatic rings. The number of carbonyl (C=O) groups is 2. The molecule has 4 rings (SSSR count). The second-order valence-corrected chi connectivity index (χ2v) is 10.8. The van der Waals surface area contributed by atoms with Crippen LogP contribution in [0.2, 0.25) is 0 Å². The summed E-state index contributed by atoms with van der Waals surface area (Å²) in [7, 11) is 0. The van der Waals surface area contributed by atoms with Gasteiger partial charge in [0.05, 0.1) is 0 Å². The Morgan fingerprint density at radius 2 is 1.83 bits per heavy atom. The Balaban J connectivity index is 1.39. The molecule has 0 heterocycles. The largest absolute Gasteiger partial charge is 0.462 e. The number of ketones is 1. The number of carbonyl (C=O) groups excluding carboxylic acids is 2. The molecule has 3 saturated carbocycles. The van der Waals surface area contributed by atoms with Gasteiger partial charge in [-0.2, -0.15) is 0 Å². The van der Waals surface area contributed by atoms with Crippen LogP contribution in [-0.2, 0) is 14.3 Å². The molecule has 6 atom stereocenters. The molecule has 0 bridgehead atoms. The molecular formula is C26H40O3. The smallest absolute Gasteiger partial charge is 0.306 e. The SMILES string of the molecule is CCCCCCC(=O)O[C@@H]1CC[C@@]2(C)C(=CC[C@@H]3[C@H]4CCC(=O)[C@@]4(C)CC[C@@H]32)C1. The van der Waals surface area contributed by atoms with Gasteiger partial charge in [-0.15, -0.1) is 0 Å². The lowest BCUT2D eigenvalue weighted by molar-refractivity contribution is -0.151. The van der Waals surface area contributed by atoms with E-state index in [4.69, 9.17) is 4.74 Å². The summed E-state index contributed by atoms with van der Waals surface area (Å²) in [5.74, 6) is 2.49. The van der Waals surface area contributed by atoms with Gasteiger partial charge in [-0.1, -0.05) is 51.7 Å². The second kappa shape index (κ2) is 8.19. The molecule has 0 aliphatic heterocycles. The number of Topliss-reactive ketones (excluding diaryl/α,β-unsaturated/α-hetero) is 1. The van der Waals surface area contributed by atoms with Gasteiger partial charge in [-0.25, -0.2) is 0 Å². The summed E-state index contributed by atoms with van der Waals surface area (Å²) >= 11 is 0. The Labute approximate surface area is 177 Å². The first-order chi connectivity index (χ1) is 13.9. The van der Waals surface area contributed by atoms with Crippen LogP contribution in [0.4, 0.5) is 0 Å². The number of allylic oxidation sites excluding steroid dienone is 1. The Morgan fingerprint density at radius 1 is 1.07 bits per heavy atom. The summed E-state index contributed by atoms with van der Waals surface area (Å²) in [5.41, 5.74) is 1.74. The van der Waals surface area contributed by atoms with E-state index in [1.807, 2.05) is 0 Å². The average molecular weight is 401 g/mol. The first-order valence-electron chi connectivity index (χ1n) is 12.3. The maximum absolute atomic E-state index is 12.6. The number of hydrogen-bond donors (Lipinski definition) is 0. The van der Waals surface area contributed by atoms with E-state index in [1.165, 1.54) is 19.3 Å². The van der Waals surface area contributed by atoms with Crippen molar-refractivity contribution in [1.29, 1.82) is 0 Å². The van der Waals surface area contributed by atoms with E-state index in [9.17, 15) is 9.59 Å². The molecule has 162 valence electrons. The van der Waals surface area contributed by atoms with Crippen molar-refractivity contribution in [3.63, 3.8) is 0 Å². The van der Waals surface area contributed by atoms with Crippen LogP contribution in [0.15, 0.2) is 11.6 Å². The predicted molar refractivity (Wildman–Crippen MR) is 115 cm³/mol. The highest BCUT2D eigenvalue weighted by Crippen LogP contribution is 2.64. The first-order valence-corrected chi connectivity index (χ1v) is 12.3. The average Bonchev–Trinajstić information content (AvgIpc) is 3.00. The molecule has 0 saturated heterocycles. The van der Waals surface area contributed by atoms with Crippen LogP contribution in [-0.4, -0.2) is 17.9 Å². The highest BCUT2D eigenvalue weighted by atomic mass is 16.5. The molecule has 0 aromatic rings. The molecule has 3 heteroatoms. The van der Waals surface area contributed by atoms with Gasteiger partial charge < -0.3 is 4.74 Å². The van der Waals surface area contributed by atoms with Crippen molar-refractivity contribution < 1.29 is 14.3 Å². The summed E-state index contributed by atoms with van der Waals surface area (Å²) in [5, 5.41) is 0. The molecule has 0 amide bonds. The van der Waals surface area contributed by atoms with Gasteiger partial charge in [0.1, 0.15) is 11.9 Å². The van der Waals surface area contributed by atoms with Crippen LogP contribution < -0.4 is 0 Å². The highest BCUT2D eigenvalue weighted by molar-refractivity contribution is 5.87. The fourth-order valence-corrected chi connectivity index (χ4v) is 7.44. The van der Waals surface area contributed by atoms with Gasteiger partial charge in [0.15, 0.2) is 0 Å². The third kappa shape index (κ3) is 3.72. The van der Waals surface area contributed by atoms with E-state index in [0.29, 0.717) is 30.0 Å². The molecule has 0 spiro atoms. The summed E-state index contributed by atoms with van der Waals surface area (Å²) in [6.07, 6.45) is 16.0. The van der Waals surface area contributed by atoms with Crippen LogP contribution in [0.1, 0.15) is 104 Å². The van der Waals surface area contributed by atoms with Gasteiger partial charge in [0, 0.05) is 24.7 Å². The molecule has 29 heavy (non-hydrogen) atoms. The van der Waals surface area contributed by atoms with Crippen LogP contribution in [0.5, 0.6) is 0 Å². The third-order valence-corrected chi connectivity index (χ3v) is 9.30. The number of ether oxygens (including phenoxy) is 1. The van der Waals surface area contributed by atoms with Crippen LogP contribution in [0.3, 0.4) is 0 Å². The first kappa shape index (κ1) is 21.1. The van der Waals surface area contributed by atoms with Crippen molar-refractivity contribution in [2.24, 2.45) is 28.6 Å². The maximum Gasteiger partial charge on any atom is 0.306 e. The zero-order chi connectivity index (χ0) is 20.6. The number of unbranched alkanes of at least 4 members (excludes halogenated alkanes) is 3. The van der Waals surface area contributed by atoms with Gasteiger partial charge in [0.2, 0.25) is 0 Å². The minimum atomic E-state index is -0.0482. The summed E-state index contributed by atoms with van der Waals surface area (Å²) in [4.78, 5) is 24.8. The van der Waals surface area contributed by atoms with Crippen molar-refractivity contribution in [3.05, 3.63) is 11.6 Å². The highest BCUT2D eigenvalue weighted by Gasteiger charge is 2.58. The molecule has 3 fully saturated rings. The van der Waals surface area contributed by atoms with Crippen LogP contribution in [0, 0.1) is 28.6 Å². The minimum Gasteiger partial charge on any atom is -0.462 e. The minimum absolute atomic E-state index is 0.00175. The van der Waals surface area contributed by atoms with Crippen molar-refractivity contribution in [3.8, 4) is 0 Å². The Morgan fingerprint density at radius 3 is 2.62 bits per heavy atom. The lowest BCUT2D eigenvalue weighted by Crippen LogP contribution is -2.50. The van der Waals surface area contributed by atoms with Crippen molar-refractivity contribution >= 4 is 11.8 Å². The second-order valence-electron chi connectivity index (χ2n) is 10.8. The lowest BCUT2D eigenvalue weighted by Gasteiger charge is -2.56. The van der Waals surface area contributed by atoms with Gasteiger partial charge in [-0.05, 0) is 68.1 Å². The molecule has 3 nitrogen and oxygen atoms in total. The maximum atomic E-state index is 12.6. The molecule has 0 N–H and O–H groups in total. The molecule has 0 aromatic heterocycles. The topological polar surface area (TPSA) is 43.4 Å². The van der Waals surface area contributed by atoms with E-state index >= 15 is 0 Å². The number of rotatable bonds is 6. The van der Waals surface area contributed by atoms with E-state index in [0.717, 1.165) is 57.8 Å². The fraction of sp³-hybridized carbons (Fsp3) is 0.846. The van der Waals surface area contributed by atoms with E-state index in [2.05, 4.69) is 26.8 Å². The van der Waals surface area contributed by atoms with E-state index in [1.54, 1.807) is 5.57 Å². The zero-order valence-electron chi connectivity index (χ0n) is 18.8. The zero-order valence-corrected chi connectivity index (χ0v) is 18.8. The Hall–Kier alpha value is -1.12. The molecule has 0 aromatic carbocycles. The predicted octanol–water partition coefficient (Wildman–Crippen LogP) is 6.40. The lowest BCUT2D eigenvalue weighted by atomic mass is 9.48. The van der Waals surface area contributed by atoms with Crippen molar-refractivity contribution in [2.45, 2.75) is 110 Å². The third-order valence-electron chi connectivity index (χ3n) is 9.30. The normalized spacial score (nSPS) is 41.2. The van der Waals surface area contributed by atoms with E-state index < -0.39 is 0 Å². The number of hydrogen-bond acceptors (Lipinski definition) is 3. The van der Waals surface area contributed by atoms with Gasteiger partial charge >= 0.3 is 5.97 Å². The summed E-state index contributed by atoms with van der Waals surface area (Å²) in [6.45, 7) is 6.91. The molecular weight excluding hydrogens is 360 g/mol. The monoisotopic (exact) mass is 400 g/mol. The molecule has 0 unspecified atom stereocenters. The fourth-order valence-electron chi connectivity index (χ4n) is 7.44. The van der Waals surface area contributed by atoms with Crippen LogP contribution in [0.25, 0.3) is 0 Å². The van der Waals surface area contributed by atoms with Gasteiger partial charge in [-0.3, -0.25) is 9.59 Å². The molecule has 4 aliphatic carbocycles. The summed E-state index contributed by atoms with van der Waals surface area (Å²) < 4.78 is 5.88.